The van der Waals surface area contributed by atoms with Crippen LogP contribution in [-0.2, 0) is 12.1 Å². The van der Waals surface area contributed by atoms with Gasteiger partial charge in [-0.3, -0.25) is 0 Å². The molecule has 1 heterocycles. The van der Waals surface area contributed by atoms with Crippen LogP contribution in [0.3, 0.4) is 0 Å². The van der Waals surface area contributed by atoms with Crippen molar-refractivity contribution in [3.8, 4) is 0 Å². The summed E-state index contributed by atoms with van der Waals surface area (Å²) in [6.07, 6.45) is 0. The molecule has 0 amide bonds. The fourth-order valence-corrected chi connectivity index (χ4v) is 2.33. The summed E-state index contributed by atoms with van der Waals surface area (Å²) in [5, 5.41) is 21.1. The van der Waals surface area contributed by atoms with Crippen LogP contribution >= 0.6 is 24.0 Å². The van der Waals surface area contributed by atoms with E-state index >= 15 is 0 Å². The maximum Gasteiger partial charge on any atom is 0.191 e. The van der Waals surface area contributed by atoms with Crippen LogP contribution in [0.25, 0.3) is 0 Å². The molecular weight excluding hydrogens is 443 g/mol. The fraction of sp³-hybridized carbons (Fsp3) is 0.474. The molecule has 6 nitrogen and oxygen atoms in total. The van der Waals surface area contributed by atoms with E-state index in [1.54, 1.807) is 6.92 Å². The first kappa shape index (κ1) is 22.4. The van der Waals surface area contributed by atoms with Gasteiger partial charge in [-0.05, 0) is 25.3 Å². The van der Waals surface area contributed by atoms with Crippen molar-refractivity contribution >= 4 is 29.9 Å². The molecule has 1 aromatic carbocycles. The molecule has 3 N–H and O–H groups in total. The van der Waals surface area contributed by atoms with Gasteiger partial charge in [0.1, 0.15) is 12.1 Å². The van der Waals surface area contributed by atoms with Crippen molar-refractivity contribution in [2.75, 3.05) is 13.1 Å². The van der Waals surface area contributed by atoms with E-state index in [1.165, 1.54) is 0 Å². The number of aliphatic hydroxyl groups is 1. The molecule has 1 aromatic heterocycles. The number of aromatic nitrogens is 1. The molecule has 26 heavy (non-hydrogen) atoms. The first-order valence-electron chi connectivity index (χ1n) is 8.68. The molecule has 0 aliphatic carbocycles. The third-order valence-electron chi connectivity index (χ3n) is 3.90. The molecule has 1 atom stereocenters. The van der Waals surface area contributed by atoms with Crippen molar-refractivity contribution in [1.82, 2.24) is 15.8 Å². The Morgan fingerprint density at radius 1 is 1.27 bits per heavy atom. The van der Waals surface area contributed by atoms with Crippen molar-refractivity contribution in [1.29, 1.82) is 0 Å². The second kappa shape index (κ2) is 10.5. The summed E-state index contributed by atoms with van der Waals surface area (Å²) in [5.41, 5.74) is 0.791. The maximum absolute atomic E-state index is 10.7. The monoisotopic (exact) mass is 472 g/mol. The van der Waals surface area contributed by atoms with E-state index in [1.807, 2.05) is 43.3 Å². The highest BCUT2D eigenvalue weighted by Gasteiger charge is 2.23. The van der Waals surface area contributed by atoms with Crippen LogP contribution < -0.4 is 10.6 Å². The Morgan fingerprint density at radius 2 is 1.96 bits per heavy atom. The van der Waals surface area contributed by atoms with Crippen LogP contribution in [0.2, 0.25) is 0 Å². The van der Waals surface area contributed by atoms with E-state index in [0.717, 1.165) is 23.6 Å². The number of nitrogens with zero attached hydrogens (tertiary/aromatic N) is 2. The summed E-state index contributed by atoms with van der Waals surface area (Å²) in [5.74, 6) is 1.67. The Labute approximate surface area is 172 Å². The normalized spacial score (nSPS) is 13.8. The highest BCUT2D eigenvalue weighted by molar-refractivity contribution is 14.0. The zero-order chi connectivity index (χ0) is 18.3. The second-order valence-corrected chi connectivity index (χ2v) is 6.56. The second-order valence-electron chi connectivity index (χ2n) is 6.56. The van der Waals surface area contributed by atoms with Gasteiger partial charge in [-0.2, -0.15) is 0 Å². The van der Waals surface area contributed by atoms with Crippen LogP contribution in [0.1, 0.15) is 50.6 Å². The largest absolute Gasteiger partial charge is 0.384 e. The average Bonchev–Trinajstić information content (AvgIpc) is 3.07. The molecule has 2 aromatic rings. The average molecular weight is 472 g/mol. The van der Waals surface area contributed by atoms with Gasteiger partial charge in [0.05, 0.1) is 12.2 Å². The predicted octanol–water partition coefficient (Wildman–Crippen LogP) is 3.38. The third-order valence-corrected chi connectivity index (χ3v) is 3.90. The molecule has 144 valence electrons. The summed E-state index contributed by atoms with van der Waals surface area (Å²) in [6.45, 7) is 9.39. The Bertz CT molecular complexity index is 684. The minimum atomic E-state index is -0.992. The zero-order valence-electron chi connectivity index (χ0n) is 15.8. The third kappa shape index (κ3) is 6.60. The zero-order valence-corrected chi connectivity index (χ0v) is 18.2. The number of hydrogen-bond acceptors (Lipinski definition) is 4. The number of rotatable bonds is 7. The Kier molecular flexibility index (Phi) is 9.07. The van der Waals surface area contributed by atoms with Crippen molar-refractivity contribution in [2.24, 2.45) is 4.99 Å². The van der Waals surface area contributed by atoms with Crippen LogP contribution in [0.15, 0.2) is 45.9 Å². The van der Waals surface area contributed by atoms with Crippen molar-refractivity contribution in [2.45, 2.75) is 45.8 Å². The molecule has 7 heteroatoms. The Balaban J connectivity index is 0.00000338. The van der Waals surface area contributed by atoms with Crippen molar-refractivity contribution in [3.63, 3.8) is 0 Å². The Morgan fingerprint density at radius 3 is 2.54 bits per heavy atom. The van der Waals surface area contributed by atoms with Gasteiger partial charge < -0.3 is 20.3 Å². The molecule has 0 saturated carbocycles. The van der Waals surface area contributed by atoms with Gasteiger partial charge in [-0.25, -0.2) is 4.99 Å². The lowest BCUT2D eigenvalue weighted by Gasteiger charge is -2.25. The van der Waals surface area contributed by atoms with Crippen LogP contribution in [0, 0.1) is 0 Å². The number of guanidine groups is 1. The minimum absolute atomic E-state index is 0. The Hall–Kier alpha value is -1.61. The molecule has 0 saturated heterocycles. The summed E-state index contributed by atoms with van der Waals surface area (Å²) in [6, 6.07) is 11.5. The standard InChI is InChI=1S/C19H28N4O2.HI/c1-5-20-18(21-12-16-11-17(14(2)3)23-25-16)22-13-19(4,24)15-9-7-6-8-10-15;/h6-11,14,24H,5,12-13H2,1-4H3,(H2,20,21,22);1H. The lowest BCUT2D eigenvalue weighted by Crippen LogP contribution is -2.44. The SMILES string of the molecule is CCNC(=NCc1cc(C(C)C)no1)NCC(C)(O)c1ccccc1.I. The number of nitrogens with one attached hydrogen (secondary N) is 2. The summed E-state index contributed by atoms with van der Waals surface area (Å²) in [7, 11) is 0. The molecule has 0 spiro atoms. The number of hydrogen-bond donors (Lipinski definition) is 3. The fourth-order valence-electron chi connectivity index (χ4n) is 2.33. The van der Waals surface area contributed by atoms with Crippen molar-refractivity contribution < 1.29 is 9.63 Å². The number of benzene rings is 1. The quantitative estimate of drug-likeness (QED) is 0.327. The van der Waals surface area contributed by atoms with Gasteiger partial charge in [0, 0.05) is 12.6 Å². The van der Waals surface area contributed by atoms with Gasteiger partial charge in [-0.1, -0.05) is 49.3 Å². The predicted molar refractivity (Wildman–Crippen MR) is 115 cm³/mol. The first-order chi connectivity index (χ1) is 11.9. The van der Waals surface area contributed by atoms with Crippen LogP contribution in [-0.4, -0.2) is 29.3 Å². The van der Waals surface area contributed by atoms with E-state index < -0.39 is 5.60 Å². The lowest BCUT2D eigenvalue weighted by molar-refractivity contribution is 0.0617. The molecular formula is C19H29IN4O2. The van der Waals surface area contributed by atoms with Gasteiger partial charge in [-0.15, -0.1) is 24.0 Å². The van der Waals surface area contributed by atoms with Gasteiger partial charge in [0.15, 0.2) is 11.7 Å². The topological polar surface area (TPSA) is 82.7 Å². The van der Waals surface area contributed by atoms with E-state index in [4.69, 9.17) is 4.52 Å². The van der Waals surface area contributed by atoms with Crippen molar-refractivity contribution in [3.05, 3.63) is 53.4 Å². The summed E-state index contributed by atoms with van der Waals surface area (Å²) < 4.78 is 5.31. The van der Waals surface area contributed by atoms with E-state index in [2.05, 4.69) is 34.6 Å². The number of halogens is 1. The summed E-state index contributed by atoms with van der Waals surface area (Å²) >= 11 is 0. The van der Waals surface area contributed by atoms with E-state index in [0.29, 0.717) is 25.0 Å². The van der Waals surface area contributed by atoms with Gasteiger partial charge in [0.25, 0.3) is 0 Å². The molecule has 0 aliphatic rings. The number of aliphatic imine (C=N–C) groups is 1. The van der Waals surface area contributed by atoms with E-state index in [-0.39, 0.29) is 24.0 Å². The summed E-state index contributed by atoms with van der Waals surface area (Å²) in [4.78, 5) is 4.50. The van der Waals surface area contributed by atoms with Crippen LogP contribution in [0.5, 0.6) is 0 Å². The van der Waals surface area contributed by atoms with Crippen LogP contribution in [0.4, 0.5) is 0 Å². The molecule has 1 unspecified atom stereocenters. The minimum Gasteiger partial charge on any atom is -0.384 e. The van der Waals surface area contributed by atoms with Gasteiger partial charge >= 0.3 is 0 Å². The molecule has 0 bridgehead atoms. The van der Waals surface area contributed by atoms with E-state index in [9.17, 15) is 5.11 Å². The maximum atomic E-state index is 10.7. The van der Waals surface area contributed by atoms with Gasteiger partial charge in [0.2, 0.25) is 0 Å². The molecule has 0 fully saturated rings. The highest BCUT2D eigenvalue weighted by atomic mass is 127. The molecule has 2 rings (SSSR count). The molecule has 0 aliphatic heterocycles. The first-order valence-corrected chi connectivity index (χ1v) is 8.68. The lowest BCUT2D eigenvalue weighted by atomic mass is 9.96. The molecule has 0 radical (unpaired) electrons. The smallest absolute Gasteiger partial charge is 0.191 e. The highest BCUT2D eigenvalue weighted by Crippen LogP contribution is 2.19.